The first-order valence-corrected chi connectivity index (χ1v) is 8.05. The zero-order valence-electron chi connectivity index (χ0n) is 12.8. The first-order valence-electron chi connectivity index (χ1n) is 7.25. The van der Waals surface area contributed by atoms with Crippen molar-refractivity contribution in [2.24, 2.45) is 0 Å². The van der Waals surface area contributed by atoms with Gasteiger partial charge in [0.1, 0.15) is 11.4 Å². The molecule has 0 unspecified atom stereocenters. The van der Waals surface area contributed by atoms with Crippen LogP contribution in [0.15, 0.2) is 65.4 Å². The number of carbonyl (C=O) groups excluding carboxylic acids is 2. The summed E-state index contributed by atoms with van der Waals surface area (Å²) in [5, 5.41) is 0. The van der Waals surface area contributed by atoms with Gasteiger partial charge in [-0.25, -0.2) is 4.98 Å². The number of hydrogen-bond acceptors (Lipinski definition) is 4. The number of aromatic nitrogens is 2. The quantitative estimate of drug-likeness (QED) is 0.586. The molecular formula is C17H13BrN4O3. The first-order chi connectivity index (χ1) is 12.1. The number of aromatic amines is 1. The number of hydrazine groups is 1. The lowest BCUT2D eigenvalue weighted by molar-refractivity contribution is 0.0844. The number of halogens is 1. The molecular weight excluding hydrogens is 388 g/mol. The molecule has 1 aromatic carbocycles. The third-order valence-corrected chi connectivity index (χ3v) is 3.64. The predicted molar refractivity (Wildman–Crippen MR) is 94.2 cm³/mol. The van der Waals surface area contributed by atoms with Crippen molar-refractivity contribution in [2.45, 2.75) is 0 Å². The number of pyridine rings is 1. The summed E-state index contributed by atoms with van der Waals surface area (Å²) in [5.41, 5.74) is 5.26. The molecule has 0 aliphatic rings. The van der Waals surface area contributed by atoms with Crippen molar-refractivity contribution in [1.29, 1.82) is 0 Å². The minimum atomic E-state index is -0.485. The van der Waals surface area contributed by atoms with Crippen LogP contribution in [-0.2, 0) is 0 Å². The lowest BCUT2D eigenvalue weighted by Crippen LogP contribution is -2.41. The van der Waals surface area contributed by atoms with E-state index in [2.05, 4.69) is 36.7 Å². The van der Waals surface area contributed by atoms with Crippen molar-refractivity contribution >= 4 is 27.7 Å². The molecule has 0 bridgehead atoms. The summed E-state index contributed by atoms with van der Waals surface area (Å²) in [6.07, 6.45) is 2.98. The van der Waals surface area contributed by atoms with Crippen LogP contribution in [0.2, 0.25) is 0 Å². The Bertz CT molecular complexity index is 879. The summed E-state index contributed by atoms with van der Waals surface area (Å²) in [6, 6.07) is 13.7. The molecule has 0 aliphatic heterocycles. The summed E-state index contributed by atoms with van der Waals surface area (Å²) in [5.74, 6) is 0.0460. The molecule has 3 N–H and O–H groups in total. The van der Waals surface area contributed by atoms with Crippen LogP contribution < -0.4 is 15.6 Å². The Balaban J connectivity index is 1.58. The van der Waals surface area contributed by atoms with Crippen molar-refractivity contribution in [1.82, 2.24) is 20.8 Å². The van der Waals surface area contributed by atoms with E-state index < -0.39 is 11.8 Å². The fraction of sp³-hybridized carbons (Fsp3) is 0. The number of carbonyl (C=O) groups is 2. The number of rotatable bonds is 4. The Morgan fingerprint density at radius 3 is 2.56 bits per heavy atom. The molecule has 0 atom stereocenters. The molecule has 2 heterocycles. The SMILES string of the molecule is O=C(NNC(=O)c1ccc[nH]1)c1ccc(Oc2cccc(Br)c2)nc1. The maximum atomic E-state index is 12.0. The van der Waals surface area contributed by atoms with Gasteiger partial charge < -0.3 is 9.72 Å². The molecule has 2 aromatic heterocycles. The summed E-state index contributed by atoms with van der Waals surface area (Å²) in [6.45, 7) is 0. The molecule has 0 saturated heterocycles. The zero-order valence-corrected chi connectivity index (χ0v) is 14.4. The van der Waals surface area contributed by atoms with Gasteiger partial charge in [0.05, 0.1) is 5.56 Å². The minimum Gasteiger partial charge on any atom is -0.439 e. The topological polar surface area (TPSA) is 96.1 Å². The van der Waals surface area contributed by atoms with E-state index in [0.717, 1.165) is 4.47 Å². The molecule has 3 rings (SSSR count). The molecule has 0 fully saturated rings. The van der Waals surface area contributed by atoms with E-state index in [9.17, 15) is 9.59 Å². The second-order valence-corrected chi connectivity index (χ2v) is 5.85. The Labute approximate surface area is 151 Å². The summed E-state index contributed by atoms with van der Waals surface area (Å²) in [7, 11) is 0. The van der Waals surface area contributed by atoms with E-state index in [1.165, 1.54) is 6.20 Å². The van der Waals surface area contributed by atoms with Gasteiger partial charge in [0.15, 0.2) is 0 Å². The highest BCUT2D eigenvalue weighted by atomic mass is 79.9. The summed E-state index contributed by atoms with van der Waals surface area (Å²) >= 11 is 3.36. The number of amides is 2. The van der Waals surface area contributed by atoms with Crippen molar-refractivity contribution < 1.29 is 14.3 Å². The molecule has 0 radical (unpaired) electrons. The molecule has 25 heavy (non-hydrogen) atoms. The highest BCUT2D eigenvalue weighted by molar-refractivity contribution is 9.10. The van der Waals surface area contributed by atoms with Crippen molar-refractivity contribution in [3.8, 4) is 11.6 Å². The molecule has 0 spiro atoms. The molecule has 3 aromatic rings. The third kappa shape index (κ3) is 4.45. The summed E-state index contributed by atoms with van der Waals surface area (Å²) < 4.78 is 6.48. The normalized spacial score (nSPS) is 10.1. The van der Waals surface area contributed by atoms with Crippen LogP contribution >= 0.6 is 15.9 Å². The molecule has 7 nitrogen and oxygen atoms in total. The van der Waals surface area contributed by atoms with Crippen molar-refractivity contribution in [2.75, 3.05) is 0 Å². The number of benzene rings is 1. The van der Waals surface area contributed by atoms with Gasteiger partial charge in [-0.15, -0.1) is 0 Å². The van der Waals surface area contributed by atoms with Gasteiger partial charge >= 0.3 is 0 Å². The van der Waals surface area contributed by atoms with E-state index in [1.807, 2.05) is 12.1 Å². The number of nitrogens with one attached hydrogen (secondary N) is 3. The highest BCUT2D eigenvalue weighted by Gasteiger charge is 2.10. The second-order valence-electron chi connectivity index (χ2n) is 4.94. The average Bonchev–Trinajstić information content (AvgIpc) is 3.15. The van der Waals surface area contributed by atoms with E-state index in [4.69, 9.17) is 4.74 Å². The zero-order chi connectivity index (χ0) is 17.6. The Morgan fingerprint density at radius 2 is 1.88 bits per heavy atom. The maximum absolute atomic E-state index is 12.0. The third-order valence-electron chi connectivity index (χ3n) is 3.15. The average molecular weight is 401 g/mol. The molecule has 0 aliphatic carbocycles. The largest absolute Gasteiger partial charge is 0.439 e. The van der Waals surface area contributed by atoms with Crippen LogP contribution in [0.4, 0.5) is 0 Å². The molecule has 2 amide bonds. The molecule has 8 heteroatoms. The van der Waals surface area contributed by atoms with Gasteiger partial charge in [-0.1, -0.05) is 22.0 Å². The van der Waals surface area contributed by atoms with Crippen LogP contribution in [0, 0.1) is 0 Å². The smallest absolute Gasteiger partial charge is 0.286 e. The van der Waals surface area contributed by atoms with Crippen LogP contribution in [-0.4, -0.2) is 21.8 Å². The second kappa shape index (κ2) is 7.63. The van der Waals surface area contributed by atoms with Gasteiger partial charge in [-0.3, -0.25) is 20.4 Å². The molecule has 126 valence electrons. The van der Waals surface area contributed by atoms with Crippen molar-refractivity contribution in [3.63, 3.8) is 0 Å². The fourth-order valence-electron chi connectivity index (χ4n) is 1.95. The van der Waals surface area contributed by atoms with Gasteiger partial charge in [0, 0.05) is 22.9 Å². The van der Waals surface area contributed by atoms with Crippen LogP contribution in [0.25, 0.3) is 0 Å². The van der Waals surface area contributed by atoms with Gasteiger partial charge in [0.2, 0.25) is 5.88 Å². The minimum absolute atomic E-state index is 0.286. The lowest BCUT2D eigenvalue weighted by Gasteiger charge is -2.08. The van der Waals surface area contributed by atoms with E-state index >= 15 is 0 Å². The Morgan fingerprint density at radius 1 is 1.04 bits per heavy atom. The van der Waals surface area contributed by atoms with Gasteiger partial charge in [-0.2, -0.15) is 0 Å². The number of H-pyrrole nitrogens is 1. The Hall–Kier alpha value is -3.13. The Kier molecular flexibility index (Phi) is 5.10. The molecule has 0 saturated carbocycles. The summed E-state index contributed by atoms with van der Waals surface area (Å²) in [4.78, 5) is 30.6. The van der Waals surface area contributed by atoms with Crippen LogP contribution in [0.1, 0.15) is 20.8 Å². The number of ether oxygens (including phenoxy) is 1. The number of hydrogen-bond donors (Lipinski definition) is 3. The van der Waals surface area contributed by atoms with E-state index in [0.29, 0.717) is 17.3 Å². The van der Waals surface area contributed by atoms with E-state index in [-0.39, 0.29) is 5.56 Å². The monoisotopic (exact) mass is 400 g/mol. The van der Waals surface area contributed by atoms with Crippen LogP contribution in [0.5, 0.6) is 11.6 Å². The maximum Gasteiger partial charge on any atom is 0.286 e. The lowest BCUT2D eigenvalue weighted by atomic mass is 10.3. The highest BCUT2D eigenvalue weighted by Crippen LogP contribution is 2.22. The number of nitrogens with zero attached hydrogens (tertiary/aromatic N) is 1. The van der Waals surface area contributed by atoms with Crippen molar-refractivity contribution in [3.05, 3.63) is 76.7 Å². The van der Waals surface area contributed by atoms with Gasteiger partial charge in [0.25, 0.3) is 11.8 Å². The standard InChI is InChI=1S/C17H13BrN4O3/c18-12-3-1-4-13(9-12)25-15-7-6-11(10-20-15)16(23)21-22-17(24)14-5-2-8-19-14/h1-10,19H,(H,21,23)(H,22,24). The van der Waals surface area contributed by atoms with E-state index in [1.54, 1.807) is 42.6 Å². The first kappa shape index (κ1) is 16.7. The fourth-order valence-corrected chi connectivity index (χ4v) is 2.33. The predicted octanol–water partition coefficient (Wildman–Crippen LogP) is 3.04. The van der Waals surface area contributed by atoms with Gasteiger partial charge in [-0.05, 0) is 36.4 Å². The van der Waals surface area contributed by atoms with Crippen LogP contribution in [0.3, 0.4) is 0 Å².